The smallest absolute Gasteiger partial charge is 0.331 e. The molecule has 0 spiro atoms. The molecule has 26 heavy (non-hydrogen) atoms. The minimum Gasteiger partial charge on any atom is -0.479 e. The van der Waals surface area contributed by atoms with Crippen molar-refractivity contribution in [3.8, 4) is 0 Å². The molecule has 1 aromatic heterocycles. The van der Waals surface area contributed by atoms with Crippen LogP contribution in [0.25, 0.3) is 0 Å². The average Bonchev–Trinajstić information content (AvgIpc) is 3.47. The summed E-state index contributed by atoms with van der Waals surface area (Å²) in [5, 5.41) is 9.50. The van der Waals surface area contributed by atoms with Gasteiger partial charge in [0.1, 0.15) is 5.69 Å². The summed E-state index contributed by atoms with van der Waals surface area (Å²) in [7, 11) is 0. The molecule has 1 amide bonds. The molecule has 1 saturated carbocycles. The van der Waals surface area contributed by atoms with Crippen molar-refractivity contribution in [2.75, 3.05) is 26.2 Å². The van der Waals surface area contributed by atoms with E-state index >= 15 is 0 Å². The van der Waals surface area contributed by atoms with Gasteiger partial charge in [0.15, 0.2) is 11.4 Å². The number of aliphatic imine (C=N–C) groups is 1. The average molecular weight is 358 g/mol. The van der Waals surface area contributed by atoms with Crippen LogP contribution in [0.3, 0.4) is 0 Å². The Bertz CT molecular complexity index is 692. The quantitative estimate of drug-likeness (QED) is 0.639. The van der Waals surface area contributed by atoms with E-state index in [9.17, 15) is 14.7 Å². The van der Waals surface area contributed by atoms with Gasteiger partial charge in [-0.25, -0.2) is 9.79 Å². The number of carbonyl (C=O) groups excluding carboxylic acids is 1. The Kier molecular flexibility index (Phi) is 5.25. The lowest BCUT2D eigenvalue weighted by molar-refractivity contribution is -0.139. The van der Waals surface area contributed by atoms with Crippen molar-refractivity contribution in [3.63, 3.8) is 0 Å². The molecule has 3 rings (SSSR count). The molecule has 0 aromatic carbocycles. The van der Waals surface area contributed by atoms with E-state index < -0.39 is 11.5 Å². The minimum absolute atomic E-state index is 0.0345. The van der Waals surface area contributed by atoms with Crippen molar-refractivity contribution in [2.45, 2.75) is 38.6 Å². The normalized spacial score (nSPS) is 20.6. The predicted octanol–water partition coefficient (Wildman–Crippen LogP) is 1.64. The van der Waals surface area contributed by atoms with Gasteiger partial charge >= 0.3 is 5.97 Å². The Labute approximate surface area is 153 Å². The highest BCUT2D eigenvalue weighted by Crippen LogP contribution is 2.40. The third-order valence-electron chi connectivity index (χ3n) is 5.26. The number of aromatic nitrogens is 1. The Morgan fingerprint density at radius 3 is 2.38 bits per heavy atom. The zero-order chi connectivity index (χ0) is 18.7. The van der Waals surface area contributed by atoms with Crippen LogP contribution in [0.15, 0.2) is 29.4 Å². The van der Waals surface area contributed by atoms with Crippen LogP contribution in [0.4, 0.5) is 0 Å². The fourth-order valence-corrected chi connectivity index (χ4v) is 3.10. The van der Waals surface area contributed by atoms with Crippen LogP contribution >= 0.6 is 0 Å². The monoisotopic (exact) mass is 358 g/mol. The number of nitrogens with zero attached hydrogens (tertiary/aromatic N) is 4. The molecule has 1 aliphatic heterocycles. The van der Waals surface area contributed by atoms with E-state index in [1.54, 1.807) is 6.20 Å². The second-order valence-corrected chi connectivity index (χ2v) is 7.11. The number of hydrogen-bond acceptors (Lipinski definition) is 4. The fourth-order valence-electron chi connectivity index (χ4n) is 3.10. The third kappa shape index (κ3) is 3.71. The highest BCUT2D eigenvalue weighted by atomic mass is 16.4. The number of hydrogen-bond donors (Lipinski definition) is 1. The zero-order valence-electron chi connectivity index (χ0n) is 15.4. The Morgan fingerprint density at radius 2 is 1.88 bits per heavy atom. The van der Waals surface area contributed by atoms with Crippen LogP contribution in [0.5, 0.6) is 0 Å². The molecule has 2 aliphatic rings. The lowest BCUT2D eigenvalue weighted by Gasteiger charge is -2.37. The number of piperazine rings is 1. The van der Waals surface area contributed by atoms with Gasteiger partial charge in [0, 0.05) is 38.3 Å². The summed E-state index contributed by atoms with van der Waals surface area (Å²) in [4.78, 5) is 36.9. The van der Waals surface area contributed by atoms with Crippen LogP contribution in [-0.4, -0.2) is 69.3 Å². The van der Waals surface area contributed by atoms with Gasteiger partial charge in [-0.2, -0.15) is 0 Å². The first kappa shape index (κ1) is 18.4. The van der Waals surface area contributed by atoms with Gasteiger partial charge in [-0.15, -0.1) is 0 Å². The number of carboxylic acids is 1. The van der Waals surface area contributed by atoms with Crippen molar-refractivity contribution in [2.24, 2.45) is 10.9 Å². The largest absolute Gasteiger partial charge is 0.479 e. The van der Waals surface area contributed by atoms with E-state index in [2.05, 4.69) is 14.9 Å². The number of pyridine rings is 1. The molecule has 140 valence electrons. The maximum atomic E-state index is 12.4. The number of aliphatic carboxylic acids is 1. The molecule has 1 aliphatic carbocycles. The van der Waals surface area contributed by atoms with Gasteiger partial charge in [0.05, 0.1) is 0 Å². The number of amidine groups is 1. The van der Waals surface area contributed by atoms with E-state index in [0.717, 1.165) is 6.42 Å². The van der Waals surface area contributed by atoms with Crippen LogP contribution in [0.1, 0.15) is 38.8 Å². The van der Waals surface area contributed by atoms with Crippen molar-refractivity contribution in [3.05, 3.63) is 30.1 Å². The molecule has 0 radical (unpaired) electrons. The molecule has 1 unspecified atom stereocenters. The predicted molar refractivity (Wildman–Crippen MR) is 98.0 cm³/mol. The van der Waals surface area contributed by atoms with E-state index in [4.69, 9.17) is 0 Å². The standard InChI is InChI=1S/C19H26N4O3/c1-3-14(2)17(24)23-12-10-22(11-13-23)16(15-6-4-5-9-20-15)21-19(7-8-19)18(25)26/h4-6,9,14H,3,7-8,10-13H2,1-2H3,(H,25,26). The van der Waals surface area contributed by atoms with Crippen LogP contribution in [-0.2, 0) is 9.59 Å². The van der Waals surface area contributed by atoms with Crippen LogP contribution in [0, 0.1) is 5.92 Å². The molecule has 1 atom stereocenters. The zero-order valence-corrected chi connectivity index (χ0v) is 15.4. The Hall–Kier alpha value is -2.44. The summed E-state index contributed by atoms with van der Waals surface area (Å²) in [5.74, 6) is -0.0300. The number of carbonyl (C=O) groups is 2. The lowest BCUT2D eigenvalue weighted by atomic mass is 10.1. The fraction of sp³-hybridized carbons (Fsp3) is 0.579. The van der Waals surface area contributed by atoms with Gasteiger partial charge in [-0.3, -0.25) is 9.78 Å². The van der Waals surface area contributed by atoms with Gasteiger partial charge < -0.3 is 14.9 Å². The second-order valence-electron chi connectivity index (χ2n) is 7.11. The number of carboxylic acid groups (broad SMARTS) is 1. The number of amides is 1. The van der Waals surface area contributed by atoms with E-state index in [1.807, 2.05) is 36.9 Å². The second kappa shape index (κ2) is 7.43. The molecule has 2 fully saturated rings. The minimum atomic E-state index is -1.00. The molecule has 7 nitrogen and oxygen atoms in total. The van der Waals surface area contributed by atoms with Gasteiger partial charge in [0.25, 0.3) is 0 Å². The van der Waals surface area contributed by atoms with Crippen molar-refractivity contribution < 1.29 is 14.7 Å². The Morgan fingerprint density at radius 1 is 1.23 bits per heavy atom. The van der Waals surface area contributed by atoms with Crippen LogP contribution in [0.2, 0.25) is 0 Å². The summed E-state index contributed by atoms with van der Waals surface area (Å²) < 4.78 is 0. The number of rotatable bonds is 5. The molecular formula is C19H26N4O3. The highest BCUT2D eigenvalue weighted by molar-refractivity contribution is 6.00. The van der Waals surface area contributed by atoms with Gasteiger partial charge in [0.2, 0.25) is 5.91 Å². The molecule has 1 N–H and O–H groups in total. The van der Waals surface area contributed by atoms with E-state index in [-0.39, 0.29) is 11.8 Å². The summed E-state index contributed by atoms with van der Waals surface area (Å²) >= 11 is 0. The third-order valence-corrected chi connectivity index (χ3v) is 5.26. The first-order chi connectivity index (χ1) is 12.5. The van der Waals surface area contributed by atoms with Gasteiger partial charge in [-0.05, 0) is 31.4 Å². The van der Waals surface area contributed by atoms with Crippen molar-refractivity contribution >= 4 is 17.7 Å². The molecule has 7 heteroatoms. The lowest BCUT2D eigenvalue weighted by Crippen LogP contribution is -2.52. The molecule has 1 saturated heterocycles. The van der Waals surface area contributed by atoms with Crippen molar-refractivity contribution in [1.82, 2.24) is 14.8 Å². The summed E-state index contributed by atoms with van der Waals surface area (Å²) in [6.45, 7) is 6.48. The highest BCUT2D eigenvalue weighted by Gasteiger charge is 2.51. The van der Waals surface area contributed by atoms with Gasteiger partial charge in [-0.1, -0.05) is 19.9 Å². The topological polar surface area (TPSA) is 86.1 Å². The first-order valence-corrected chi connectivity index (χ1v) is 9.25. The molecule has 0 bridgehead atoms. The maximum absolute atomic E-state index is 12.4. The SMILES string of the molecule is CCC(C)C(=O)N1CCN(C(=NC2(C(=O)O)CC2)c2ccccn2)CC1. The maximum Gasteiger partial charge on any atom is 0.331 e. The molecular weight excluding hydrogens is 332 g/mol. The van der Waals surface area contributed by atoms with E-state index in [0.29, 0.717) is 50.6 Å². The summed E-state index contributed by atoms with van der Waals surface area (Å²) in [6.07, 6.45) is 3.64. The summed E-state index contributed by atoms with van der Waals surface area (Å²) in [5.41, 5.74) is -0.321. The summed E-state index contributed by atoms with van der Waals surface area (Å²) in [6, 6.07) is 5.56. The molecule has 2 heterocycles. The van der Waals surface area contributed by atoms with E-state index in [1.165, 1.54) is 0 Å². The molecule has 1 aromatic rings. The Balaban J connectivity index is 1.79. The first-order valence-electron chi connectivity index (χ1n) is 9.25. The van der Waals surface area contributed by atoms with Crippen molar-refractivity contribution in [1.29, 1.82) is 0 Å². The van der Waals surface area contributed by atoms with Crippen LogP contribution < -0.4 is 0 Å².